The van der Waals surface area contributed by atoms with E-state index in [0.29, 0.717) is 5.95 Å². The van der Waals surface area contributed by atoms with Gasteiger partial charge in [-0.3, -0.25) is 0 Å². The van der Waals surface area contributed by atoms with Gasteiger partial charge in [0, 0.05) is 33.2 Å². The molecule has 0 aliphatic heterocycles. The molecule has 0 aliphatic carbocycles. The lowest BCUT2D eigenvalue weighted by atomic mass is 10.5. The summed E-state index contributed by atoms with van der Waals surface area (Å²) in [5, 5.41) is 3.00. The topological polar surface area (TPSA) is 57.2 Å². The van der Waals surface area contributed by atoms with Crippen molar-refractivity contribution in [2.24, 2.45) is 0 Å². The lowest BCUT2D eigenvalue weighted by Gasteiger charge is -2.23. The highest BCUT2D eigenvalue weighted by Crippen LogP contribution is 2.16. The van der Waals surface area contributed by atoms with Crippen LogP contribution in [0.1, 0.15) is 27.7 Å². The number of anilines is 3. The van der Waals surface area contributed by atoms with E-state index in [0.717, 1.165) is 38.1 Å². The summed E-state index contributed by atoms with van der Waals surface area (Å²) in [6.45, 7) is 12.0. The van der Waals surface area contributed by atoms with Gasteiger partial charge in [-0.05, 0) is 27.7 Å². The molecule has 1 aromatic heterocycles. The zero-order valence-electron chi connectivity index (χ0n) is 12.1. The molecule has 0 atom stereocenters. The third kappa shape index (κ3) is 3.21. The van der Waals surface area contributed by atoms with E-state index in [2.05, 4.69) is 57.8 Å². The van der Waals surface area contributed by atoms with Gasteiger partial charge in [-0.25, -0.2) is 0 Å². The van der Waals surface area contributed by atoms with E-state index >= 15 is 0 Å². The lowest BCUT2D eigenvalue weighted by molar-refractivity contribution is 0.778. The van der Waals surface area contributed by atoms with Crippen LogP contribution < -0.4 is 15.1 Å². The van der Waals surface area contributed by atoms with Crippen LogP contribution in [-0.4, -0.2) is 48.2 Å². The number of nitrogens with zero attached hydrogens (tertiary/aromatic N) is 5. The Balaban J connectivity index is 3.15. The largest absolute Gasteiger partial charge is 0.357 e. The number of hydrogen-bond donors (Lipinski definition) is 1. The average Bonchev–Trinajstić information content (AvgIpc) is 2.41. The summed E-state index contributed by atoms with van der Waals surface area (Å²) in [6, 6.07) is 0. The Morgan fingerprint density at radius 1 is 0.778 bits per heavy atom. The maximum absolute atomic E-state index is 4.56. The molecule has 0 spiro atoms. The molecular weight excluding hydrogens is 228 g/mol. The van der Waals surface area contributed by atoms with Gasteiger partial charge in [0.05, 0.1) is 0 Å². The average molecular weight is 252 g/mol. The van der Waals surface area contributed by atoms with E-state index < -0.39 is 0 Å². The fourth-order valence-corrected chi connectivity index (χ4v) is 1.76. The number of aromatic nitrogens is 3. The molecule has 1 N–H and O–H groups in total. The summed E-state index contributed by atoms with van der Waals surface area (Å²) in [6.07, 6.45) is 0. The molecule has 102 valence electrons. The van der Waals surface area contributed by atoms with Crippen molar-refractivity contribution in [3.8, 4) is 0 Å². The highest BCUT2D eigenvalue weighted by molar-refractivity contribution is 5.44. The van der Waals surface area contributed by atoms with Crippen molar-refractivity contribution in [3.05, 3.63) is 0 Å². The van der Waals surface area contributed by atoms with Crippen LogP contribution in [-0.2, 0) is 0 Å². The van der Waals surface area contributed by atoms with Crippen LogP contribution in [0.3, 0.4) is 0 Å². The smallest absolute Gasteiger partial charge is 0.231 e. The third-order valence-electron chi connectivity index (χ3n) is 2.93. The molecule has 1 heterocycles. The predicted molar refractivity (Wildman–Crippen MR) is 76.5 cm³/mol. The summed E-state index contributed by atoms with van der Waals surface area (Å²) in [4.78, 5) is 17.6. The Morgan fingerprint density at radius 3 is 1.44 bits per heavy atom. The fraction of sp³-hybridized carbons (Fsp3) is 0.750. The van der Waals surface area contributed by atoms with Crippen molar-refractivity contribution in [2.75, 3.05) is 48.3 Å². The van der Waals surface area contributed by atoms with Crippen LogP contribution in [0, 0.1) is 0 Å². The van der Waals surface area contributed by atoms with E-state index in [1.165, 1.54) is 0 Å². The number of nitrogens with one attached hydrogen (secondary N) is 1. The molecule has 0 unspecified atom stereocenters. The monoisotopic (exact) mass is 252 g/mol. The maximum atomic E-state index is 4.56. The molecule has 0 aromatic carbocycles. The second kappa shape index (κ2) is 6.98. The Hall–Kier alpha value is -1.59. The normalized spacial score (nSPS) is 10.3. The molecule has 6 heteroatoms. The molecular formula is C12H24N6. The Morgan fingerprint density at radius 2 is 1.17 bits per heavy atom. The summed E-state index contributed by atoms with van der Waals surface area (Å²) in [7, 11) is 1.83. The molecule has 0 saturated heterocycles. The van der Waals surface area contributed by atoms with Crippen LogP contribution in [0.4, 0.5) is 17.8 Å². The molecule has 0 fully saturated rings. The molecule has 0 amide bonds. The second-order valence-electron chi connectivity index (χ2n) is 3.85. The minimum atomic E-state index is 0.619. The van der Waals surface area contributed by atoms with Crippen LogP contribution in [0.2, 0.25) is 0 Å². The van der Waals surface area contributed by atoms with E-state index in [4.69, 9.17) is 0 Å². The van der Waals surface area contributed by atoms with Crippen molar-refractivity contribution in [1.82, 2.24) is 15.0 Å². The Kier molecular flexibility index (Phi) is 5.61. The van der Waals surface area contributed by atoms with Gasteiger partial charge in [-0.15, -0.1) is 0 Å². The van der Waals surface area contributed by atoms with Gasteiger partial charge in [0.25, 0.3) is 0 Å². The van der Waals surface area contributed by atoms with Crippen molar-refractivity contribution in [1.29, 1.82) is 0 Å². The highest BCUT2D eigenvalue weighted by Gasteiger charge is 2.13. The molecule has 0 radical (unpaired) electrons. The van der Waals surface area contributed by atoms with Gasteiger partial charge in [-0.2, -0.15) is 15.0 Å². The van der Waals surface area contributed by atoms with Gasteiger partial charge in [0.2, 0.25) is 17.8 Å². The summed E-state index contributed by atoms with van der Waals surface area (Å²) in [5.41, 5.74) is 0. The minimum absolute atomic E-state index is 0.619. The zero-order chi connectivity index (χ0) is 13.5. The van der Waals surface area contributed by atoms with Crippen LogP contribution in [0.5, 0.6) is 0 Å². The van der Waals surface area contributed by atoms with Crippen LogP contribution in [0.15, 0.2) is 0 Å². The molecule has 0 saturated carbocycles. The minimum Gasteiger partial charge on any atom is -0.357 e. The summed E-state index contributed by atoms with van der Waals surface area (Å²) < 4.78 is 0. The predicted octanol–water partition coefficient (Wildman–Crippen LogP) is 1.61. The highest BCUT2D eigenvalue weighted by atomic mass is 15.4. The van der Waals surface area contributed by atoms with Crippen molar-refractivity contribution in [3.63, 3.8) is 0 Å². The Labute approximate surface area is 109 Å². The molecule has 1 aromatic rings. The molecule has 1 rings (SSSR count). The first-order valence-corrected chi connectivity index (χ1v) is 6.63. The van der Waals surface area contributed by atoms with Crippen molar-refractivity contribution >= 4 is 17.8 Å². The van der Waals surface area contributed by atoms with E-state index in [9.17, 15) is 0 Å². The first-order valence-electron chi connectivity index (χ1n) is 6.63. The van der Waals surface area contributed by atoms with Crippen molar-refractivity contribution in [2.45, 2.75) is 27.7 Å². The van der Waals surface area contributed by atoms with E-state index in [-0.39, 0.29) is 0 Å². The van der Waals surface area contributed by atoms with Crippen molar-refractivity contribution < 1.29 is 0 Å². The lowest BCUT2D eigenvalue weighted by Crippen LogP contribution is -2.29. The number of rotatable bonds is 7. The summed E-state index contributed by atoms with van der Waals surface area (Å²) in [5.74, 6) is 2.09. The zero-order valence-corrected chi connectivity index (χ0v) is 12.1. The fourth-order valence-electron chi connectivity index (χ4n) is 1.76. The van der Waals surface area contributed by atoms with Gasteiger partial charge in [0.1, 0.15) is 0 Å². The first-order chi connectivity index (χ1) is 8.69. The second-order valence-corrected chi connectivity index (χ2v) is 3.85. The van der Waals surface area contributed by atoms with E-state index in [1.807, 2.05) is 7.05 Å². The summed E-state index contributed by atoms with van der Waals surface area (Å²) >= 11 is 0. The maximum Gasteiger partial charge on any atom is 0.231 e. The molecule has 6 nitrogen and oxygen atoms in total. The molecule has 0 aliphatic rings. The third-order valence-corrected chi connectivity index (χ3v) is 2.93. The first kappa shape index (κ1) is 14.5. The van der Waals surface area contributed by atoms with Crippen LogP contribution >= 0.6 is 0 Å². The molecule has 0 bridgehead atoms. The van der Waals surface area contributed by atoms with Gasteiger partial charge in [-0.1, -0.05) is 0 Å². The Bertz CT molecular complexity index is 329. The van der Waals surface area contributed by atoms with Gasteiger partial charge < -0.3 is 15.1 Å². The van der Waals surface area contributed by atoms with Gasteiger partial charge in [0.15, 0.2) is 0 Å². The van der Waals surface area contributed by atoms with Crippen LogP contribution in [0.25, 0.3) is 0 Å². The molecule has 18 heavy (non-hydrogen) atoms. The SMILES string of the molecule is CCN(CC)c1nc(NC)nc(N(CC)CC)n1. The number of hydrogen-bond acceptors (Lipinski definition) is 6. The standard InChI is InChI=1S/C12H24N6/c1-6-17(7-2)11-14-10(13-5)15-12(16-11)18(8-3)9-4/h6-9H2,1-5H3,(H,13,14,15,16). The van der Waals surface area contributed by atoms with E-state index in [1.54, 1.807) is 0 Å². The van der Waals surface area contributed by atoms with Gasteiger partial charge >= 0.3 is 0 Å². The quantitative estimate of drug-likeness (QED) is 0.795.